The molecule has 0 fully saturated rings. The number of aliphatic carboxylic acids is 1. The molecule has 2 unspecified atom stereocenters. The van der Waals surface area contributed by atoms with Crippen LogP contribution in [0.25, 0.3) is 0 Å². The second-order valence-corrected chi connectivity index (χ2v) is 4.30. The molecule has 0 bridgehead atoms. The summed E-state index contributed by atoms with van der Waals surface area (Å²) in [4.78, 5) is 24.8. The Morgan fingerprint density at radius 1 is 1.47 bits per heavy atom. The monoisotopic (exact) mass is 233 g/mol. The van der Waals surface area contributed by atoms with Crippen LogP contribution in [0.3, 0.4) is 0 Å². The molecule has 0 spiro atoms. The molecule has 1 amide bonds. The lowest BCUT2D eigenvalue weighted by molar-refractivity contribution is -0.143. The minimum atomic E-state index is -0.853. The lowest BCUT2D eigenvalue weighted by Crippen LogP contribution is -2.32. The second kappa shape index (κ2) is 4.20. The van der Waals surface area contributed by atoms with Gasteiger partial charge in [0.05, 0.1) is 12.0 Å². The third-order valence-corrected chi connectivity index (χ3v) is 3.39. The number of fused-ring (bicyclic) bond motifs is 1. The zero-order chi connectivity index (χ0) is 12.6. The Morgan fingerprint density at radius 3 is 2.71 bits per heavy atom. The van der Waals surface area contributed by atoms with Gasteiger partial charge in [-0.2, -0.15) is 0 Å². The predicted molar refractivity (Wildman–Crippen MR) is 62.7 cm³/mol. The maximum Gasteiger partial charge on any atom is 0.308 e. The van der Waals surface area contributed by atoms with E-state index < -0.39 is 11.9 Å². The minimum absolute atomic E-state index is 0.0923. The van der Waals surface area contributed by atoms with Crippen molar-refractivity contribution < 1.29 is 14.7 Å². The third kappa shape index (κ3) is 1.69. The first kappa shape index (κ1) is 11.6. The molecule has 0 aromatic heterocycles. The van der Waals surface area contributed by atoms with Crippen molar-refractivity contribution in [2.24, 2.45) is 5.92 Å². The quantitative estimate of drug-likeness (QED) is 0.867. The Hall–Kier alpha value is -1.84. The van der Waals surface area contributed by atoms with E-state index in [1.54, 1.807) is 19.2 Å². The van der Waals surface area contributed by atoms with Gasteiger partial charge in [-0.15, -0.1) is 0 Å². The molecule has 0 radical (unpaired) electrons. The molecule has 0 saturated heterocycles. The fourth-order valence-corrected chi connectivity index (χ4v) is 2.49. The van der Waals surface area contributed by atoms with Gasteiger partial charge < -0.3 is 10.0 Å². The van der Waals surface area contributed by atoms with E-state index in [-0.39, 0.29) is 11.9 Å². The van der Waals surface area contributed by atoms with Gasteiger partial charge in [0.1, 0.15) is 0 Å². The van der Waals surface area contributed by atoms with E-state index in [2.05, 4.69) is 0 Å². The molecule has 4 heteroatoms. The Kier molecular flexibility index (Phi) is 2.88. The predicted octanol–water partition coefficient (Wildman–Crippen LogP) is 1.92. The number of hydrogen-bond donors (Lipinski definition) is 1. The number of carbonyl (C=O) groups excluding carboxylic acids is 1. The normalized spacial score (nSPS) is 20.2. The van der Waals surface area contributed by atoms with E-state index in [1.165, 1.54) is 4.90 Å². The fraction of sp³-hybridized carbons (Fsp3) is 0.385. The van der Waals surface area contributed by atoms with Crippen LogP contribution in [-0.4, -0.2) is 28.9 Å². The number of carbonyl (C=O) groups is 2. The SMILES string of the molecule is CCC(C(=O)O)C1c2ccccc2C(=O)N1C. The van der Waals surface area contributed by atoms with Gasteiger partial charge in [0.15, 0.2) is 0 Å². The van der Waals surface area contributed by atoms with Crippen molar-refractivity contribution in [3.63, 3.8) is 0 Å². The number of rotatable bonds is 3. The number of nitrogens with zero attached hydrogens (tertiary/aromatic N) is 1. The van der Waals surface area contributed by atoms with Crippen molar-refractivity contribution in [1.29, 1.82) is 0 Å². The summed E-state index contributed by atoms with van der Waals surface area (Å²) in [5, 5.41) is 9.23. The summed E-state index contributed by atoms with van der Waals surface area (Å²) in [6.07, 6.45) is 0.506. The van der Waals surface area contributed by atoms with Crippen molar-refractivity contribution in [3.05, 3.63) is 35.4 Å². The Balaban J connectivity index is 2.49. The molecule has 1 aromatic rings. The van der Waals surface area contributed by atoms with Crippen LogP contribution in [0, 0.1) is 5.92 Å². The molecule has 4 nitrogen and oxygen atoms in total. The van der Waals surface area contributed by atoms with Crippen LogP contribution >= 0.6 is 0 Å². The first-order valence-electron chi connectivity index (χ1n) is 5.66. The number of carboxylic acid groups (broad SMARTS) is 1. The molecule has 1 heterocycles. The van der Waals surface area contributed by atoms with Crippen LogP contribution in [0.4, 0.5) is 0 Å². The maximum atomic E-state index is 12.0. The van der Waals surface area contributed by atoms with Gasteiger partial charge in [0.25, 0.3) is 5.91 Å². The molecule has 1 N–H and O–H groups in total. The molecule has 2 rings (SSSR count). The topological polar surface area (TPSA) is 57.6 Å². The van der Waals surface area contributed by atoms with Crippen LogP contribution in [0.5, 0.6) is 0 Å². The molecule has 1 aliphatic heterocycles. The molecule has 90 valence electrons. The van der Waals surface area contributed by atoms with Crippen molar-refractivity contribution in [2.75, 3.05) is 7.05 Å². The highest BCUT2D eigenvalue weighted by Crippen LogP contribution is 2.38. The third-order valence-electron chi connectivity index (χ3n) is 3.39. The summed E-state index contributed by atoms with van der Waals surface area (Å²) < 4.78 is 0. The van der Waals surface area contributed by atoms with Crippen LogP contribution < -0.4 is 0 Å². The van der Waals surface area contributed by atoms with Gasteiger partial charge in [0, 0.05) is 12.6 Å². The van der Waals surface area contributed by atoms with E-state index in [4.69, 9.17) is 0 Å². The number of hydrogen-bond acceptors (Lipinski definition) is 2. The zero-order valence-electron chi connectivity index (χ0n) is 9.88. The molecule has 0 saturated carbocycles. The van der Waals surface area contributed by atoms with Gasteiger partial charge in [-0.3, -0.25) is 9.59 Å². The number of carboxylic acids is 1. The minimum Gasteiger partial charge on any atom is -0.481 e. The molecule has 0 aliphatic carbocycles. The summed E-state index contributed by atoms with van der Waals surface area (Å²) in [5.74, 6) is -1.49. The molecular formula is C13H15NO3. The summed E-state index contributed by atoms with van der Waals surface area (Å²) >= 11 is 0. The average Bonchev–Trinajstić information content (AvgIpc) is 2.56. The highest BCUT2D eigenvalue weighted by Gasteiger charge is 2.40. The summed E-state index contributed by atoms with van der Waals surface area (Å²) in [6.45, 7) is 1.83. The van der Waals surface area contributed by atoms with E-state index >= 15 is 0 Å². The first-order chi connectivity index (χ1) is 8.07. The summed E-state index contributed by atoms with van der Waals surface area (Å²) in [5.41, 5.74) is 1.45. The van der Waals surface area contributed by atoms with Gasteiger partial charge >= 0.3 is 5.97 Å². The smallest absolute Gasteiger partial charge is 0.308 e. The molecule has 1 aliphatic rings. The van der Waals surface area contributed by atoms with Crippen LogP contribution in [0.1, 0.15) is 35.3 Å². The van der Waals surface area contributed by atoms with Crippen molar-refractivity contribution in [2.45, 2.75) is 19.4 Å². The fourth-order valence-electron chi connectivity index (χ4n) is 2.49. The Labute approximate surface area is 99.9 Å². The van der Waals surface area contributed by atoms with Gasteiger partial charge in [0.2, 0.25) is 0 Å². The second-order valence-electron chi connectivity index (χ2n) is 4.30. The highest BCUT2D eigenvalue weighted by molar-refractivity contribution is 5.99. The standard InChI is InChI=1S/C13H15NO3/c1-3-8(13(16)17)11-9-6-4-5-7-10(9)12(15)14(11)2/h4-8,11H,3H2,1-2H3,(H,16,17). The summed E-state index contributed by atoms with van der Waals surface area (Å²) in [6, 6.07) is 6.89. The van der Waals surface area contributed by atoms with Crippen LogP contribution in [0.2, 0.25) is 0 Å². The molecule has 1 aromatic carbocycles. The van der Waals surface area contributed by atoms with Gasteiger partial charge in [-0.1, -0.05) is 25.1 Å². The van der Waals surface area contributed by atoms with Crippen LogP contribution in [-0.2, 0) is 4.79 Å². The Morgan fingerprint density at radius 2 is 2.12 bits per heavy atom. The molecule has 2 atom stereocenters. The zero-order valence-corrected chi connectivity index (χ0v) is 9.88. The summed E-state index contributed by atoms with van der Waals surface area (Å²) in [7, 11) is 1.67. The highest BCUT2D eigenvalue weighted by atomic mass is 16.4. The maximum absolute atomic E-state index is 12.0. The Bertz CT molecular complexity index is 469. The van der Waals surface area contributed by atoms with Gasteiger partial charge in [-0.25, -0.2) is 0 Å². The average molecular weight is 233 g/mol. The van der Waals surface area contributed by atoms with Crippen molar-refractivity contribution in [3.8, 4) is 0 Å². The van der Waals surface area contributed by atoms with Crippen molar-refractivity contribution >= 4 is 11.9 Å². The van der Waals surface area contributed by atoms with E-state index in [9.17, 15) is 14.7 Å². The first-order valence-corrected chi connectivity index (χ1v) is 5.66. The van der Waals surface area contributed by atoms with Gasteiger partial charge in [-0.05, 0) is 18.1 Å². The molecule has 17 heavy (non-hydrogen) atoms. The van der Waals surface area contributed by atoms with Crippen LogP contribution in [0.15, 0.2) is 24.3 Å². The van der Waals surface area contributed by atoms with Crippen molar-refractivity contribution in [1.82, 2.24) is 4.90 Å². The lowest BCUT2D eigenvalue weighted by atomic mass is 9.91. The number of benzene rings is 1. The largest absolute Gasteiger partial charge is 0.481 e. The van der Waals surface area contributed by atoms with E-state index in [0.717, 1.165) is 5.56 Å². The van der Waals surface area contributed by atoms with E-state index in [1.807, 2.05) is 19.1 Å². The molecular weight excluding hydrogens is 218 g/mol. The lowest BCUT2D eigenvalue weighted by Gasteiger charge is -2.26. The van der Waals surface area contributed by atoms with E-state index in [0.29, 0.717) is 12.0 Å². The number of amides is 1.